The summed E-state index contributed by atoms with van der Waals surface area (Å²) in [5.41, 5.74) is 4.49. The summed E-state index contributed by atoms with van der Waals surface area (Å²) in [7, 11) is 1.62. The molecule has 2 N–H and O–H groups in total. The minimum atomic E-state index is -0.317. The number of anilines is 2. The zero-order valence-electron chi connectivity index (χ0n) is 25.1. The SMILES string of the molecule is CCCCCCCCCCCCCCOc1c(NC(=O)Nc2ccccc2C[n+]2csc(C)c2)cccc1OC.[Br-]. The van der Waals surface area contributed by atoms with Crippen LogP contribution in [-0.4, -0.2) is 19.7 Å². The summed E-state index contributed by atoms with van der Waals surface area (Å²) in [6.45, 7) is 5.64. The number of hydrogen-bond acceptors (Lipinski definition) is 4. The van der Waals surface area contributed by atoms with Crippen molar-refractivity contribution in [3.8, 4) is 11.5 Å². The van der Waals surface area contributed by atoms with Gasteiger partial charge in [0.05, 0.1) is 30.0 Å². The van der Waals surface area contributed by atoms with Gasteiger partial charge in [0, 0.05) is 5.56 Å². The van der Waals surface area contributed by atoms with Crippen molar-refractivity contribution in [1.29, 1.82) is 0 Å². The van der Waals surface area contributed by atoms with Gasteiger partial charge in [-0.15, -0.1) is 0 Å². The zero-order chi connectivity index (χ0) is 28.4. The molecular weight excluding hydrogens is 598 g/mol. The minimum absolute atomic E-state index is 0. The van der Waals surface area contributed by atoms with Crippen LogP contribution in [0.25, 0.3) is 0 Å². The summed E-state index contributed by atoms with van der Waals surface area (Å²) < 4.78 is 13.8. The van der Waals surface area contributed by atoms with E-state index in [9.17, 15) is 4.79 Å². The molecule has 3 aromatic rings. The van der Waals surface area contributed by atoms with Gasteiger partial charge in [-0.05, 0) is 31.5 Å². The fourth-order valence-electron chi connectivity index (χ4n) is 4.82. The zero-order valence-corrected chi connectivity index (χ0v) is 27.5. The highest BCUT2D eigenvalue weighted by atomic mass is 79.9. The number of methoxy groups -OCH3 is 1. The molecule has 0 unspecified atom stereocenters. The number of carbonyl (C=O) groups is 1. The number of urea groups is 1. The third-order valence-corrected chi connectivity index (χ3v) is 7.88. The fourth-order valence-corrected chi connectivity index (χ4v) is 5.46. The molecular formula is C33H48BrN3O3S. The number of hydrogen-bond donors (Lipinski definition) is 2. The lowest BCUT2D eigenvalue weighted by molar-refractivity contribution is -0.683. The third-order valence-electron chi connectivity index (χ3n) is 7.03. The largest absolute Gasteiger partial charge is 1.00 e. The Labute approximate surface area is 261 Å². The van der Waals surface area contributed by atoms with Crippen LogP contribution in [0.1, 0.15) is 94.4 Å². The predicted octanol–water partition coefficient (Wildman–Crippen LogP) is 6.13. The van der Waals surface area contributed by atoms with Gasteiger partial charge in [0.2, 0.25) is 5.51 Å². The number of rotatable bonds is 19. The Balaban J connectivity index is 0.00000588. The van der Waals surface area contributed by atoms with Crippen LogP contribution < -0.4 is 41.7 Å². The van der Waals surface area contributed by atoms with Crippen LogP contribution >= 0.6 is 11.3 Å². The Hall–Kier alpha value is -2.58. The van der Waals surface area contributed by atoms with Crippen molar-refractivity contribution in [2.75, 3.05) is 24.4 Å². The fraction of sp³-hybridized carbons (Fsp3) is 0.515. The van der Waals surface area contributed by atoms with Gasteiger partial charge in [-0.25, -0.2) is 4.79 Å². The molecule has 0 saturated heterocycles. The average molecular weight is 647 g/mol. The van der Waals surface area contributed by atoms with Gasteiger partial charge in [0.1, 0.15) is 0 Å². The van der Waals surface area contributed by atoms with E-state index in [4.69, 9.17) is 9.47 Å². The van der Waals surface area contributed by atoms with Gasteiger partial charge in [-0.2, -0.15) is 4.57 Å². The van der Waals surface area contributed by atoms with Crippen molar-refractivity contribution in [1.82, 2.24) is 0 Å². The number of aryl methyl sites for hydroxylation is 1. The number of ether oxygens (including phenoxy) is 2. The van der Waals surface area contributed by atoms with Gasteiger partial charge in [-0.1, -0.05) is 113 Å². The maximum atomic E-state index is 13.0. The van der Waals surface area contributed by atoms with Crippen molar-refractivity contribution in [3.05, 3.63) is 64.6 Å². The van der Waals surface area contributed by atoms with Gasteiger partial charge in [-0.3, -0.25) is 0 Å². The molecule has 3 rings (SSSR count). The maximum Gasteiger partial charge on any atom is 0.323 e. The molecule has 2 amide bonds. The molecule has 8 heteroatoms. The first-order valence-electron chi connectivity index (χ1n) is 15.0. The van der Waals surface area contributed by atoms with Gasteiger partial charge in [0.15, 0.2) is 24.2 Å². The molecule has 0 aliphatic carbocycles. The lowest BCUT2D eigenvalue weighted by Gasteiger charge is -2.16. The highest BCUT2D eigenvalue weighted by molar-refractivity contribution is 7.09. The summed E-state index contributed by atoms with van der Waals surface area (Å²) in [5.74, 6) is 1.18. The molecule has 0 aliphatic rings. The second-order valence-corrected chi connectivity index (χ2v) is 11.5. The Morgan fingerprint density at radius 1 is 0.829 bits per heavy atom. The number of nitrogens with one attached hydrogen (secondary N) is 2. The molecule has 0 fully saturated rings. The number of amides is 2. The number of carbonyl (C=O) groups excluding carboxylic acids is 1. The molecule has 0 aliphatic heterocycles. The van der Waals surface area contributed by atoms with E-state index < -0.39 is 0 Å². The second-order valence-electron chi connectivity index (χ2n) is 10.4. The van der Waals surface area contributed by atoms with Crippen LogP contribution in [0.4, 0.5) is 16.2 Å². The van der Waals surface area contributed by atoms with E-state index >= 15 is 0 Å². The molecule has 41 heavy (non-hydrogen) atoms. The molecule has 226 valence electrons. The van der Waals surface area contributed by atoms with Crippen LogP contribution in [0, 0.1) is 6.92 Å². The van der Waals surface area contributed by atoms with E-state index in [1.54, 1.807) is 18.4 Å². The Bertz CT molecular complexity index is 1150. The molecule has 0 radical (unpaired) electrons. The van der Waals surface area contributed by atoms with Crippen LogP contribution in [0.5, 0.6) is 11.5 Å². The van der Waals surface area contributed by atoms with E-state index in [1.165, 1.54) is 69.1 Å². The van der Waals surface area contributed by atoms with E-state index in [2.05, 4.69) is 40.8 Å². The first kappa shape index (κ1) is 34.6. The van der Waals surface area contributed by atoms with Crippen LogP contribution in [0.3, 0.4) is 0 Å². The third kappa shape index (κ3) is 12.9. The highest BCUT2D eigenvalue weighted by Gasteiger charge is 2.16. The average Bonchev–Trinajstić information content (AvgIpc) is 3.37. The van der Waals surface area contributed by atoms with Crippen molar-refractivity contribution in [2.24, 2.45) is 0 Å². The summed E-state index contributed by atoms with van der Waals surface area (Å²) in [6.07, 6.45) is 17.7. The van der Waals surface area contributed by atoms with Crippen molar-refractivity contribution < 1.29 is 35.8 Å². The first-order chi connectivity index (χ1) is 19.6. The number of halogens is 1. The van der Waals surface area contributed by atoms with E-state index in [1.807, 2.05) is 42.5 Å². The lowest BCUT2D eigenvalue weighted by atomic mass is 10.1. The predicted molar refractivity (Wildman–Crippen MR) is 167 cm³/mol. The molecule has 0 spiro atoms. The molecule has 0 saturated carbocycles. The summed E-state index contributed by atoms with van der Waals surface area (Å²) >= 11 is 1.70. The van der Waals surface area contributed by atoms with Gasteiger partial charge >= 0.3 is 6.03 Å². The van der Waals surface area contributed by atoms with Gasteiger partial charge in [0.25, 0.3) is 0 Å². The second kappa shape index (κ2) is 20.3. The highest BCUT2D eigenvalue weighted by Crippen LogP contribution is 2.35. The number of unbranched alkanes of at least 4 members (excludes halogenated alkanes) is 11. The van der Waals surface area contributed by atoms with Crippen molar-refractivity contribution in [2.45, 2.75) is 97.4 Å². The standard InChI is InChI=1S/C33H47N3O3S.BrH/c1-4-5-6-7-8-9-10-11-12-13-14-17-23-39-32-30(21-18-22-31(32)38-3)35-33(37)34-29-20-16-15-19-28(29)25-36-24-27(2)40-26-36;/h15-16,18-22,24,26H,4-14,17,23,25H2,1-3H3,(H-,34,35,37);1H. The number of aromatic nitrogens is 1. The minimum Gasteiger partial charge on any atom is -1.00 e. The van der Waals surface area contributed by atoms with E-state index in [-0.39, 0.29) is 23.0 Å². The molecule has 1 aromatic heterocycles. The van der Waals surface area contributed by atoms with Crippen LogP contribution in [-0.2, 0) is 6.54 Å². The monoisotopic (exact) mass is 645 g/mol. The molecule has 1 heterocycles. The van der Waals surface area contributed by atoms with E-state index in [0.29, 0.717) is 30.3 Å². The topological polar surface area (TPSA) is 63.5 Å². The molecule has 6 nitrogen and oxygen atoms in total. The smallest absolute Gasteiger partial charge is 0.323 e. The Kier molecular flexibility index (Phi) is 17.2. The number of para-hydroxylation sites is 2. The van der Waals surface area contributed by atoms with Crippen LogP contribution in [0.2, 0.25) is 0 Å². The molecule has 0 atom stereocenters. The number of thiazole rings is 1. The molecule has 0 bridgehead atoms. The van der Waals surface area contributed by atoms with Crippen molar-refractivity contribution in [3.63, 3.8) is 0 Å². The normalized spacial score (nSPS) is 10.6. The molecule has 2 aromatic carbocycles. The van der Waals surface area contributed by atoms with E-state index in [0.717, 1.165) is 24.1 Å². The maximum absolute atomic E-state index is 13.0. The number of benzene rings is 2. The Morgan fingerprint density at radius 3 is 2.07 bits per heavy atom. The number of nitrogens with zero attached hydrogens (tertiary/aromatic N) is 1. The summed E-state index contributed by atoms with van der Waals surface area (Å²) in [5, 5.41) is 5.98. The summed E-state index contributed by atoms with van der Waals surface area (Å²) in [6, 6.07) is 13.1. The lowest BCUT2D eigenvalue weighted by Crippen LogP contribution is -3.00. The quantitative estimate of drug-likeness (QED) is 0.122. The van der Waals surface area contributed by atoms with Crippen LogP contribution in [0.15, 0.2) is 54.2 Å². The first-order valence-corrected chi connectivity index (χ1v) is 15.9. The Morgan fingerprint density at radius 2 is 1.44 bits per heavy atom. The van der Waals surface area contributed by atoms with Gasteiger partial charge < -0.3 is 37.1 Å². The summed E-state index contributed by atoms with van der Waals surface area (Å²) in [4.78, 5) is 14.3. The van der Waals surface area contributed by atoms with Crippen molar-refractivity contribution >= 4 is 28.7 Å².